The van der Waals surface area contributed by atoms with E-state index in [4.69, 9.17) is 0 Å². The van der Waals surface area contributed by atoms with Gasteiger partial charge in [-0.15, -0.1) is 0 Å². The molecule has 0 saturated carbocycles. The summed E-state index contributed by atoms with van der Waals surface area (Å²) in [4.78, 5) is 2.06. The van der Waals surface area contributed by atoms with E-state index in [1.165, 1.54) is 12.1 Å². The van der Waals surface area contributed by atoms with Crippen molar-refractivity contribution >= 4 is 37.6 Å². The third-order valence-electron chi connectivity index (χ3n) is 6.76. The van der Waals surface area contributed by atoms with Crippen LogP contribution < -0.4 is 9.47 Å². The number of pyridine rings is 1. The third kappa shape index (κ3) is 5.49. The number of fused-ring (bicyclic) bond motifs is 2. The number of hydrogen-bond acceptors (Lipinski definition) is 5. The minimum atomic E-state index is -4.27. The quantitative estimate of drug-likeness (QED) is 0.174. The van der Waals surface area contributed by atoms with Gasteiger partial charge in [0.05, 0.1) is 15.7 Å². The maximum Gasteiger partial charge on any atom is 0.213 e. The number of anilines is 1. The Labute approximate surface area is 224 Å². The van der Waals surface area contributed by atoms with Gasteiger partial charge in [0.25, 0.3) is 0 Å². The topological polar surface area (TPSA) is 84.5 Å². The summed E-state index contributed by atoms with van der Waals surface area (Å²) in [6, 6.07) is 28.6. The van der Waals surface area contributed by atoms with Crippen LogP contribution in [-0.4, -0.2) is 31.2 Å². The van der Waals surface area contributed by atoms with Crippen LogP contribution in [0, 0.1) is 6.92 Å². The van der Waals surface area contributed by atoms with Crippen LogP contribution in [0.5, 0.6) is 5.75 Å². The van der Waals surface area contributed by atoms with E-state index >= 15 is 0 Å². The summed E-state index contributed by atoms with van der Waals surface area (Å²) in [5, 5.41) is 13.2. The summed E-state index contributed by atoms with van der Waals surface area (Å²) in [6.45, 7) is 7.92. The summed E-state index contributed by atoms with van der Waals surface area (Å²) in [5.74, 6) is 0.323. The fourth-order valence-corrected chi connectivity index (χ4v) is 5.21. The predicted molar refractivity (Wildman–Crippen MR) is 152 cm³/mol. The van der Waals surface area contributed by atoms with Crippen LogP contribution in [0.2, 0.25) is 0 Å². The molecule has 0 spiro atoms. The molecule has 0 aliphatic heterocycles. The number of aromatic hydroxyl groups is 1. The molecule has 38 heavy (non-hydrogen) atoms. The Morgan fingerprint density at radius 2 is 1.34 bits per heavy atom. The van der Waals surface area contributed by atoms with Gasteiger partial charge >= 0.3 is 0 Å². The predicted octanol–water partition coefficient (Wildman–Crippen LogP) is 5.94. The molecule has 0 unspecified atom stereocenters. The molecule has 0 bridgehead atoms. The zero-order chi connectivity index (χ0) is 27.4. The lowest BCUT2D eigenvalue weighted by Gasteiger charge is -2.22. The van der Waals surface area contributed by atoms with Crippen molar-refractivity contribution in [3.05, 3.63) is 96.6 Å². The summed E-state index contributed by atoms with van der Waals surface area (Å²) < 4.78 is 33.4. The standard InChI is InChI=1S/C24H24N2O.C7H8O3S/c1-4-26(5-2)17-14-15-20(23(27)16-17)24-18-10-6-8-12-21(18)25(3)22-13-9-7-11-19(22)24;1-6-2-4-7(5-3-6)11(8,9)10/h6-16H,4-5H2,1-3H3;2-5H,1H3,(H,8,9,10). The summed E-state index contributed by atoms with van der Waals surface area (Å²) >= 11 is 0. The first-order chi connectivity index (χ1) is 18.2. The second kappa shape index (κ2) is 11.2. The van der Waals surface area contributed by atoms with E-state index in [0.717, 1.165) is 57.3 Å². The first kappa shape index (κ1) is 27.1. The normalized spacial score (nSPS) is 11.3. The average molecular weight is 529 g/mol. The van der Waals surface area contributed by atoms with E-state index in [1.54, 1.807) is 12.1 Å². The Bertz CT molecular complexity index is 1640. The molecule has 4 aromatic carbocycles. The maximum absolute atomic E-state index is 10.9. The lowest BCUT2D eigenvalue weighted by molar-refractivity contribution is -0.617. The number of phenolic OH excluding ortho intramolecular Hbond substituents is 1. The molecule has 1 heterocycles. The molecule has 0 amide bonds. The number of aromatic nitrogens is 1. The van der Waals surface area contributed by atoms with Gasteiger partial charge in [-0.05, 0) is 57.2 Å². The zero-order valence-corrected chi connectivity index (χ0v) is 22.9. The Balaban J connectivity index is 0.000000257. The van der Waals surface area contributed by atoms with Gasteiger partial charge in [0.15, 0.2) is 0 Å². The van der Waals surface area contributed by atoms with E-state index in [-0.39, 0.29) is 4.90 Å². The minimum Gasteiger partial charge on any atom is -0.744 e. The molecule has 0 aliphatic rings. The molecule has 7 heteroatoms. The van der Waals surface area contributed by atoms with Gasteiger partial charge in [0, 0.05) is 48.1 Å². The largest absolute Gasteiger partial charge is 0.744 e. The van der Waals surface area contributed by atoms with Crippen molar-refractivity contribution in [2.75, 3.05) is 18.0 Å². The second-order valence-corrected chi connectivity index (χ2v) is 10.5. The van der Waals surface area contributed by atoms with Crippen molar-refractivity contribution in [3.63, 3.8) is 0 Å². The molecular formula is C31H32N2O4S. The molecule has 0 fully saturated rings. The maximum atomic E-state index is 10.9. The number of nitrogens with zero attached hydrogens (tertiary/aromatic N) is 2. The Morgan fingerprint density at radius 3 is 1.82 bits per heavy atom. The van der Waals surface area contributed by atoms with Crippen molar-refractivity contribution in [1.82, 2.24) is 0 Å². The third-order valence-corrected chi connectivity index (χ3v) is 7.61. The van der Waals surface area contributed by atoms with Gasteiger partial charge in [-0.25, -0.2) is 8.42 Å². The van der Waals surface area contributed by atoms with E-state index < -0.39 is 10.1 Å². The number of para-hydroxylation sites is 2. The van der Waals surface area contributed by atoms with Crippen molar-refractivity contribution in [2.45, 2.75) is 25.7 Å². The summed E-state index contributed by atoms with van der Waals surface area (Å²) in [5.41, 5.74) is 6.24. The van der Waals surface area contributed by atoms with Crippen LogP contribution in [0.3, 0.4) is 0 Å². The monoisotopic (exact) mass is 528 g/mol. The number of phenols is 1. The van der Waals surface area contributed by atoms with Gasteiger partial charge in [-0.2, -0.15) is 4.57 Å². The van der Waals surface area contributed by atoms with E-state index in [2.05, 4.69) is 91.0 Å². The minimum absolute atomic E-state index is 0.178. The molecule has 5 aromatic rings. The molecule has 1 N–H and O–H groups in total. The zero-order valence-electron chi connectivity index (χ0n) is 22.0. The van der Waals surface area contributed by atoms with Crippen LogP contribution in [0.1, 0.15) is 19.4 Å². The number of aryl methyl sites for hydroxylation is 2. The fraction of sp³-hybridized carbons (Fsp3) is 0.194. The molecule has 0 aliphatic carbocycles. The second-order valence-electron chi connectivity index (χ2n) is 9.11. The Kier molecular flexibility index (Phi) is 7.99. The number of benzene rings is 4. The first-order valence-corrected chi connectivity index (χ1v) is 14.0. The summed E-state index contributed by atoms with van der Waals surface area (Å²) in [6.07, 6.45) is 0. The van der Waals surface area contributed by atoms with Gasteiger partial charge in [-0.3, -0.25) is 0 Å². The van der Waals surface area contributed by atoms with E-state index in [0.29, 0.717) is 5.75 Å². The highest BCUT2D eigenvalue weighted by Crippen LogP contribution is 2.40. The fourth-order valence-electron chi connectivity index (χ4n) is 4.74. The number of hydrogen-bond donors (Lipinski definition) is 1. The van der Waals surface area contributed by atoms with Gasteiger partial charge in [-0.1, -0.05) is 42.0 Å². The van der Waals surface area contributed by atoms with Gasteiger partial charge in [0.2, 0.25) is 11.0 Å². The molecule has 1 aromatic heterocycles. The van der Waals surface area contributed by atoms with Crippen LogP contribution in [0.15, 0.2) is 95.9 Å². The molecule has 6 nitrogen and oxygen atoms in total. The Morgan fingerprint density at radius 1 is 0.816 bits per heavy atom. The molecule has 196 valence electrons. The SMILES string of the molecule is CCN(CC)c1ccc(-c2c3ccccc3[n+](C)c3ccccc23)c(O)c1.Cc1ccc(S(=O)(=O)[O-])cc1. The molecule has 0 radical (unpaired) electrons. The molecule has 0 saturated heterocycles. The van der Waals surface area contributed by atoms with Gasteiger partial charge in [0.1, 0.15) is 22.9 Å². The molecule has 5 rings (SSSR count). The molecule has 0 atom stereocenters. The smallest absolute Gasteiger partial charge is 0.213 e. The Hall–Kier alpha value is -3.94. The average Bonchev–Trinajstić information content (AvgIpc) is 2.91. The van der Waals surface area contributed by atoms with Crippen LogP contribution in [-0.2, 0) is 17.2 Å². The van der Waals surface area contributed by atoms with Gasteiger partial charge < -0.3 is 14.6 Å². The van der Waals surface area contributed by atoms with Crippen molar-refractivity contribution in [2.24, 2.45) is 7.05 Å². The first-order valence-electron chi connectivity index (χ1n) is 12.6. The van der Waals surface area contributed by atoms with Crippen LogP contribution >= 0.6 is 0 Å². The lowest BCUT2D eigenvalue weighted by atomic mass is 9.94. The molecular weight excluding hydrogens is 496 g/mol. The van der Waals surface area contributed by atoms with Crippen molar-refractivity contribution in [1.29, 1.82) is 0 Å². The van der Waals surface area contributed by atoms with Crippen molar-refractivity contribution in [3.8, 4) is 16.9 Å². The summed E-state index contributed by atoms with van der Waals surface area (Å²) in [7, 11) is -2.17. The van der Waals surface area contributed by atoms with Crippen molar-refractivity contribution < 1.29 is 22.6 Å². The lowest BCUT2D eigenvalue weighted by Crippen LogP contribution is -2.30. The van der Waals surface area contributed by atoms with Crippen LogP contribution in [0.4, 0.5) is 5.69 Å². The number of rotatable bonds is 5. The van der Waals surface area contributed by atoms with E-state index in [9.17, 15) is 18.1 Å². The highest BCUT2D eigenvalue weighted by atomic mass is 32.2. The van der Waals surface area contributed by atoms with Crippen LogP contribution in [0.25, 0.3) is 32.9 Å². The van der Waals surface area contributed by atoms with E-state index in [1.807, 2.05) is 13.0 Å². The highest BCUT2D eigenvalue weighted by Gasteiger charge is 2.20. The highest BCUT2D eigenvalue weighted by molar-refractivity contribution is 7.85.